The molecule has 0 bridgehead atoms. The first-order valence-corrected chi connectivity index (χ1v) is 11.8. The maximum absolute atomic E-state index is 13.3. The van der Waals surface area contributed by atoms with E-state index in [-0.39, 0.29) is 24.4 Å². The maximum atomic E-state index is 13.3. The van der Waals surface area contributed by atoms with Crippen LogP contribution in [0.25, 0.3) is 0 Å². The summed E-state index contributed by atoms with van der Waals surface area (Å²) in [5.74, 6) is -0.168. The van der Waals surface area contributed by atoms with Crippen molar-refractivity contribution in [2.75, 3.05) is 0 Å². The molecule has 0 spiro atoms. The molecule has 1 N–H and O–H groups in total. The Kier molecular flexibility index (Phi) is 8.79. The first-order chi connectivity index (χ1) is 15.0. The Bertz CT molecular complexity index is 862. The summed E-state index contributed by atoms with van der Waals surface area (Å²) in [5, 5.41) is 4.15. The molecule has 0 radical (unpaired) electrons. The van der Waals surface area contributed by atoms with Gasteiger partial charge in [-0.3, -0.25) is 9.59 Å². The molecular weight excluding hydrogens is 431 g/mol. The van der Waals surface area contributed by atoms with Crippen molar-refractivity contribution in [3.8, 4) is 0 Å². The van der Waals surface area contributed by atoms with E-state index in [0.29, 0.717) is 34.9 Å². The lowest BCUT2D eigenvalue weighted by atomic mass is 10.1. The zero-order valence-corrected chi connectivity index (χ0v) is 19.5. The molecule has 1 aliphatic rings. The van der Waals surface area contributed by atoms with Crippen molar-refractivity contribution < 1.29 is 9.59 Å². The highest BCUT2D eigenvalue weighted by atomic mass is 35.5. The van der Waals surface area contributed by atoms with Gasteiger partial charge in [-0.1, -0.05) is 79.4 Å². The number of hydrogen-bond acceptors (Lipinski definition) is 2. The Hall–Kier alpha value is -2.04. The van der Waals surface area contributed by atoms with Gasteiger partial charge >= 0.3 is 0 Å². The average molecular weight is 461 g/mol. The maximum Gasteiger partial charge on any atom is 0.243 e. The van der Waals surface area contributed by atoms with E-state index in [9.17, 15) is 9.59 Å². The summed E-state index contributed by atoms with van der Waals surface area (Å²) in [6.45, 7) is 2.15. The van der Waals surface area contributed by atoms with Crippen LogP contribution in [0.2, 0.25) is 10.0 Å². The van der Waals surface area contributed by atoms with Gasteiger partial charge in [0.25, 0.3) is 0 Å². The Balaban J connectivity index is 1.80. The molecule has 0 aromatic heterocycles. The van der Waals surface area contributed by atoms with E-state index in [4.69, 9.17) is 23.2 Å². The van der Waals surface area contributed by atoms with E-state index in [1.165, 1.54) is 0 Å². The fourth-order valence-corrected chi connectivity index (χ4v) is 4.70. The third kappa shape index (κ3) is 6.47. The Labute approximate surface area is 194 Å². The molecule has 1 atom stereocenters. The molecule has 31 heavy (non-hydrogen) atoms. The largest absolute Gasteiger partial charge is 0.352 e. The van der Waals surface area contributed by atoms with Crippen LogP contribution in [0.1, 0.15) is 56.6 Å². The number of aryl methyl sites for hydroxylation is 1. The number of nitrogens with zero attached hydrogens (tertiary/aromatic N) is 1. The lowest BCUT2D eigenvalue weighted by Gasteiger charge is -2.32. The molecule has 0 unspecified atom stereocenters. The first-order valence-electron chi connectivity index (χ1n) is 11.1. The Morgan fingerprint density at radius 3 is 2.29 bits per heavy atom. The van der Waals surface area contributed by atoms with Gasteiger partial charge in [0.15, 0.2) is 0 Å². The van der Waals surface area contributed by atoms with Crippen molar-refractivity contribution in [3.63, 3.8) is 0 Å². The molecule has 0 aliphatic heterocycles. The highest BCUT2D eigenvalue weighted by molar-refractivity contribution is 6.36. The Morgan fingerprint density at radius 2 is 1.68 bits per heavy atom. The van der Waals surface area contributed by atoms with Crippen molar-refractivity contribution in [2.45, 2.75) is 70.5 Å². The second-order valence-electron chi connectivity index (χ2n) is 8.12. The summed E-state index contributed by atoms with van der Waals surface area (Å²) in [6, 6.07) is 14.8. The van der Waals surface area contributed by atoms with Crippen LogP contribution in [0.5, 0.6) is 0 Å². The minimum Gasteiger partial charge on any atom is -0.352 e. The van der Waals surface area contributed by atoms with Gasteiger partial charge in [-0.05, 0) is 43.4 Å². The van der Waals surface area contributed by atoms with Gasteiger partial charge in [0.1, 0.15) is 6.04 Å². The van der Waals surface area contributed by atoms with Gasteiger partial charge < -0.3 is 10.2 Å². The number of halogens is 2. The van der Waals surface area contributed by atoms with E-state index in [1.54, 1.807) is 23.1 Å². The van der Waals surface area contributed by atoms with Crippen LogP contribution in [0.15, 0.2) is 48.5 Å². The number of nitrogens with one attached hydrogen (secondary N) is 1. The lowest BCUT2D eigenvalue weighted by Crippen LogP contribution is -2.51. The highest BCUT2D eigenvalue weighted by Gasteiger charge is 2.31. The van der Waals surface area contributed by atoms with E-state index in [2.05, 4.69) is 5.32 Å². The second-order valence-corrected chi connectivity index (χ2v) is 8.94. The third-order valence-corrected chi connectivity index (χ3v) is 6.66. The van der Waals surface area contributed by atoms with Gasteiger partial charge in [0.05, 0.1) is 0 Å². The van der Waals surface area contributed by atoms with Gasteiger partial charge in [0, 0.05) is 34.6 Å². The fraction of sp³-hybridized carbons (Fsp3) is 0.440. The van der Waals surface area contributed by atoms with Crippen LogP contribution in [0, 0.1) is 0 Å². The minimum atomic E-state index is -0.559. The van der Waals surface area contributed by atoms with Crippen LogP contribution in [0.4, 0.5) is 0 Å². The van der Waals surface area contributed by atoms with Gasteiger partial charge in [-0.25, -0.2) is 0 Å². The number of benzene rings is 2. The predicted molar refractivity (Wildman–Crippen MR) is 126 cm³/mol. The highest BCUT2D eigenvalue weighted by Crippen LogP contribution is 2.27. The quantitative estimate of drug-likeness (QED) is 0.514. The van der Waals surface area contributed by atoms with Gasteiger partial charge in [0.2, 0.25) is 11.8 Å². The number of carbonyl (C=O) groups is 2. The number of rotatable bonds is 9. The van der Waals surface area contributed by atoms with Crippen LogP contribution in [0.3, 0.4) is 0 Å². The van der Waals surface area contributed by atoms with E-state index in [0.717, 1.165) is 31.2 Å². The van der Waals surface area contributed by atoms with Crippen molar-refractivity contribution in [1.29, 1.82) is 0 Å². The van der Waals surface area contributed by atoms with Crippen LogP contribution < -0.4 is 5.32 Å². The standard InChI is InChI=1S/C25H30Cl2N2O2/c1-2-23(25(31)28-19-11-6-7-12-19)29(17-20-21(26)13-8-14-22(20)27)24(30)16-15-18-9-4-3-5-10-18/h3-5,8-10,13-14,19,23H,2,6-7,11-12,15-17H2,1H3,(H,28,31)/t23-/m1/s1. The molecule has 1 aliphatic carbocycles. The molecule has 4 nitrogen and oxygen atoms in total. The molecular formula is C25H30Cl2N2O2. The summed E-state index contributed by atoms with van der Waals surface area (Å²) in [4.78, 5) is 28.1. The molecule has 1 fully saturated rings. The summed E-state index contributed by atoms with van der Waals surface area (Å²) in [6.07, 6.45) is 5.73. The number of hydrogen-bond donors (Lipinski definition) is 1. The minimum absolute atomic E-state index is 0.0757. The molecule has 2 amide bonds. The molecule has 2 aromatic rings. The monoisotopic (exact) mass is 460 g/mol. The van der Waals surface area contributed by atoms with E-state index >= 15 is 0 Å². The first kappa shape index (κ1) is 23.6. The predicted octanol–water partition coefficient (Wildman–Crippen LogP) is 5.79. The molecule has 6 heteroatoms. The average Bonchev–Trinajstić information content (AvgIpc) is 3.27. The summed E-state index contributed by atoms with van der Waals surface area (Å²) >= 11 is 12.8. The smallest absolute Gasteiger partial charge is 0.243 e. The van der Waals surface area contributed by atoms with Crippen LogP contribution >= 0.6 is 23.2 Å². The van der Waals surface area contributed by atoms with Crippen LogP contribution in [-0.4, -0.2) is 28.8 Å². The van der Waals surface area contributed by atoms with Crippen molar-refractivity contribution in [2.24, 2.45) is 0 Å². The number of amides is 2. The van der Waals surface area contributed by atoms with E-state index < -0.39 is 6.04 Å². The zero-order valence-electron chi connectivity index (χ0n) is 17.9. The molecule has 3 rings (SSSR count). The SMILES string of the molecule is CC[C@H](C(=O)NC1CCCC1)N(Cc1c(Cl)cccc1Cl)C(=O)CCc1ccccc1. The molecule has 2 aromatic carbocycles. The Morgan fingerprint density at radius 1 is 1.03 bits per heavy atom. The zero-order chi connectivity index (χ0) is 22.2. The number of carbonyl (C=O) groups excluding carboxylic acids is 2. The topological polar surface area (TPSA) is 49.4 Å². The van der Waals surface area contributed by atoms with E-state index in [1.807, 2.05) is 37.3 Å². The molecule has 0 heterocycles. The second kappa shape index (κ2) is 11.5. The lowest BCUT2D eigenvalue weighted by molar-refractivity contribution is -0.141. The summed E-state index contributed by atoms with van der Waals surface area (Å²) in [5.41, 5.74) is 1.76. The van der Waals surface area contributed by atoms with Crippen molar-refractivity contribution in [1.82, 2.24) is 10.2 Å². The van der Waals surface area contributed by atoms with Gasteiger partial charge in [-0.2, -0.15) is 0 Å². The summed E-state index contributed by atoms with van der Waals surface area (Å²) in [7, 11) is 0. The van der Waals surface area contributed by atoms with Gasteiger partial charge in [-0.15, -0.1) is 0 Å². The van der Waals surface area contributed by atoms with Crippen molar-refractivity contribution in [3.05, 3.63) is 69.7 Å². The molecule has 0 saturated heterocycles. The normalized spacial score (nSPS) is 14.9. The van der Waals surface area contributed by atoms with Crippen molar-refractivity contribution >= 4 is 35.0 Å². The van der Waals surface area contributed by atoms with Crippen LogP contribution in [-0.2, 0) is 22.6 Å². The third-order valence-electron chi connectivity index (χ3n) is 5.95. The molecule has 1 saturated carbocycles. The molecule has 166 valence electrons. The summed E-state index contributed by atoms with van der Waals surface area (Å²) < 4.78 is 0. The fourth-order valence-electron chi connectivity index (χ4n) is 4.18.